The molecule has 1 aromatic carbocycles. The van der Waals surface area contributed by atoms with E-state index in [1.54, 1.807) is 23.1 Å². The molecule has 0 saturated carbocycles. The zero-order chi connectivity index (χ0) is 36.5. The Morgan fingerprint density at radius 2 is 1.20 bits per heavy atom. The lowest BCUT2D eigenvalue weighted by Crippen LogP contribution is -2.42. The van der Waals surface area contributed by atoms with Crippen molar-refractivity contribution in [1.82, 2.24) is 29.4 Å². The lowest BCUT2D eigenvalue weighted by atomic mass is 9.97. The van der Waals surface area contributed by atoms with Gasteiger partial charge in [0.1, 0.15) is 23.6 Å². The summed E-state index contributed by atoms with van der Waals surface area (Å²) in [6, 6.07) is 9.17. The average molecular weight is 734 g/mol. The van der Waals surface area contributed by atoms with Gasteiger partial charge >= 0.3 is 12.2 Å². The van der Waals surface area contributed by atoms with Crippen LogP contribution in [0.2, 0.25) is 10.0 Å². The van der Waals surface area contributed by atoms with Crippen molar-refractivity contribution in [2.75, 3.05) is 26.2 Å². The Bertz CT molecular complexity index is 1530. The summed E-state index contributed by atoms with van der Waals surface area (Å²) in [4.78, 5) is 27.8. The van der Waals surface area contributed by atoms with Crippen molar-refractivity contribution in [2.45, 2.75) is 111 Å². The Morgan fingerprint density at radius 3 is 1.62 bits per heavy atom. The van der Waals surface area contributed by atoms with Gasteiger partial charge in [0.05, 0.1) is 16.4 Å². The maximum atomic E-state index is 12.2. The van der Waals surface area contributed by atoms with Crippen LogP contribution in [0.5, 0.6) is 5.75 Å². The van der Waals surface area contributed by atoms with Crippen molar-refractivity contribution in [3.05, 3.63) is 64.2 Å². The molecule has 4 heterocycles. The van der Waals surface area contributed by atoms with Gasteiger partial charge in [-0.25, -0.2) is 9.59 Å². The Hall–Kier alpha value is -3.44. The van der Waals surface area contributed by atoms with Gasteiger partial charge in [0.25, 0.3) is 0 Å². The summed E-state index contributed by atoms with van der Waals surface area (Å²) < 4.78 is 20.6. The second-order valence-corrected chi connectivity index (χ2v) is 15.9. The SMILES string of the molecule is CC(C)(C)OC(=O)N1CCC(Cn2ccc(COc3ccc(Cl)cc3Cl)n2)CC1.CCc1ccn(CC2CCN(C(=O)OC(C)(C)C)CC2)n1. The number of aromatic nitrogens is 4. The molecule has 0 atom stereocenters. The van der Waals surface area contributed by atoms with Gasteiger partial charge in [-0.05, 0) is 116 Å². The third-order valence-corrected chi connectivity index (χ3v) is 8.98. The van der Waals surface area contributed by atoms with Crippen LogP contribution in [0.15, 0.2) is 42.7 Å². The van der Waals surface area contributed by atoms with Gasteiger partial charge in [-0.1, -0.05) is 30.1 Å². The Balaban J connectivity index is 0.000000237. The molecule has 5 rings (SSSR count). The predicted octanol–water partition coefficient (Wildman–Crippen LogP) is 8.51. The van der Waals surface area contributed by atoms with Crippen LogP contribution in [-0.4, -0.2) is 78.9 Å². The van der Waals surface area contributed by atoms with Gasteiger partial charge in [0.2, 0.25) is 0 Å². The Labute approximate surface area is 307 Å². The molecule has 2 aliphatic heterocycles. The fourth-order valence-corrected chi connectivity index (χ4v) is 6.26. The number of carbonyl (C=O) groups is 2. The summed E-state index contributed by atoms with van der Waals surface area (Å²) in [6.07, 6.45) is 8.48. The standard InChI is InChI=1S/C21H27Cl2N3O3.C16H27N3O2/c1-21(2,3)29-20(27)25-9-6-15(7-10-25)13-26-11-8-17(24-26)14-28-19-5-4-16(22)12-18(19)23;1-5-14-8-11-19(17-14)12-13-6-9-18(10-7-13)15(20)21-16(2,3)4/h4-5,8,11-12,15H,6-7,9-10,13-14H2,1-3H3;8,11,13H,5-7,9-10,12H2,1-4H3. The van der Waals surface area contributed by atoms with E-state index in [9.17, 15) is 9.59 Å². The molecule has 0 bridgehead atoms. The van der Waals surface area contributed by atoms with E-state index in [0.717, 1.165) is 69.7 Å². The fraction of sp³-hybridized carbons (Fsp3) is 0.622. The first kappa shape index (κ1) is 39.3. The van der Waals surface area contributed by atoms with Crippen LogP contribution in [0, 0.1) is 11.8 Å². The molecule has 0 aliphatic carbocycles. The minimum absolute atomic E-state index is 0.187. The third kappa shape index (κ3) is 13.0. The topological polar surface area (TPSA) is 104 Å². The second-order valence-electron chi connectivity index (χ2n) is 15.1. The van der Waals surface area contributed by atoms with E-state index >= 15 is 0 Å². The molecule has 0 N–H and O–H groups in total. The normalized spacial score (nSPS) is 16.1. The summed E-state index contributed by atoms with van der Waals surface area (Å²) in [6.45, 7) is 18.6. The highest BCUT2D eigenvalue weighted by Crippen LogP contribution is 2.28. The summed E-state index contributed by atoms with van der Waals surface area (Å²) in [5.41, 5.74) is 1.10. The van der Waals surface area contributed by atoms with Crippen LogP contribution in [0.3, 0.4) is 0 Å². The Morgan fingerprint density at radius 1 is 0.740 bits per heavy atom. The van der Waals surface area contributed by atoms with Crippen molar-refractivity contribution in [3.63, 3.8) is 0 Å². The maximum Gasteiger partial charge on any atom is 0.410 e. The van der Waals surface area contributed by atoms with Gasteiger partial charge < -0.3 is 24.0 Å². The number of carbonyl (C=O) groups excluding carboxylic acids is 2. The molecule has 3 aromatic rings. The number of nitrogens with zero attached hydrogens (tertiary/aromatic N) is 6. The van der Waals surface area contributed by atoms with Crippen LogP contribution in [0.25, 0.3) is 0 Å². The number of piperidine rings is 2. The maximum absolute atomic E-state index is 12.2. The number of hydrogen-bond donors (Lipinski definition) is 0. The molecule has 2 fully saturated rings. The Kier molecular flexibility index (Phi) is 13.9. The zero-order valence-corrected chi connectivity index (χ0v) is 32.2. The van der Waals surface area contributed by atoms with Gasteiger partial charge in [-0.15, -0.1) is 0 Å². The second kappa shape index (κ2) is 17.7. The molecular formula is C37H54Cl2N6O5. The van der Waals surface area contributed by atoms with Gasteiger partial charge in [-0.3, -0.25) is 9.36 Å². The highest BCUT2D eigenvalue weighted by molar-refractivity contribution is 6.35. The lowest BCUT2D eigenvalue weighted by molar-refractivity contribution is 0.0166. The minimum Gasteiger partial charge on any atom is -0.486 e. The first-order valence-electron chi connectivity index (χ1n) is 17.6. The van der Waals surface area contributed by atoms with Crippen LogP contribution >= 0.6 is 23.2 Å². The largest absolute Gasteiger partial charge is 0.486 e. The summed E-state index contributed by atoms with van der Waals surface area (Å²) >= 11 is 12.0. The number of hydrogen-bond acceptors (Lipinski definition) is 7. The molecular weight excluding hydrogens is 679 g/mol. The molecule has 2 aliphatic rings. The number of benzene rings is 1. The van der Waals surface area contributed by atoms with Gasteiger partial charge in [-0.2, -0.15) is 10.2 Å². The smallest absolute Gasteiger partial charge is 0.410 e. The third-order valence-electron chi connectivity index (χ3n) is 8.45. The average Bonchev–Trinajstić information content (AvgIpc) is 3.69. The van der Waals surface area contributed by atoms with Crippen molar-refractivity contribution in [2.24, 2.45) is 11.8 Å². The van der Waals surface area contributed by atoms with E-state index in [1.807, 2.05) is 68.1 Å². The van der Waals surface area contributed by atoms with Gasteiger partial charge in [0, 0.05) is 56.7 Å². The quantitative estimate of drug-likeness (QED) is 0.229. The number of aryl methyl sites for hydroxylation is 1. The van der Waals surface area contributed by atoms with Crippen LogP contribution in [0.1, 0.15) is 85.5 Å². The summed E-state index contributed by atoms with van der Waals surface area (Å²) in [5, 5.41) is 10.2. The first-order chi connectivity index (χ1) is 23.6. The molecule has 2 amide bonds. The number of rotatable bonds is 8. The van der Waals surface area contributed by atoms with E-state index in [1.165, 1.54) is 0 Å². The van der Waals surface area contributed by atoms with Gasteiger partial charge in [0.15, 0.2) is 0 Å². The van der Waals surface area contributed by atoms with Crippen LogP contribution < -0.4 is 4.74 Å². The monoisotopic (exact) mass is 732 g/mol. The molecule has 11 nitrogen and oxygen atoms in total. The summed E-state index contributed by atoms with van der Waals surface area (Å²) in [7, 11) is 0. The molecule has 2 aromatic heterocycles. The molecule has 50 heavy (non-hydrogen) atoms. The van der Waals surface area contributed by atoms with E-state index in [4.69, 9.17) is 37.4 Å². The van der Waals surface area contributed by atoms with Crippen LogP contribution in [0.4, 0.5) is 9.59 Å². The van der Waals surface area contributed by atoms with Crippen LogP contribution in [-0.2, 0) is 35.6 Å². The lowest BCUT2D eigenvalue weighted by Gasteiger charge is -2.33. The number of ether oxygens (including phenoxy) is 3. The van der Waals surface area contributed by atoms with E-state index < -0.39 is 11.2 Å². The van der Waals surface area contributed by atoms with E-state index in [2.05, 4.69) is 29.4 Å². The number of amides is 2. The molecule has 0 radical (unpaired) electrons. The van der Waals surface area contributed by atoms with E-state index in [0.29, 0.717) is 47.3 Å². The number of halogens is 2. The first-order valence-corrected chi connectivity index (χ1v) is 18.4. The minimum atomic E-state index is -0.461. The van der Waals surface area contributed by atoms with Crippen molar-refractivity contribution in [1.29, 1.82) is 0 Å². The molecule has 0 unspecified atom stereocenters. The molecule has 2 saturated heterocycles. The van der Waals surface area contributed by atoms with E-state index in [-0.39, 0.29) is 12.2 Å². The highest BCUT2D eigenvalue weighted by Gasteiger charge is 2.28. The van der Waals surface area contributed by atoms with Crippen molar-refractivity contribution >= 4 is 35.4 Å². The van der Waals surface area contributed by atoms with Crippen molar-refractivity contribution < 1.29 is 23.8 Å². The predicted molar refractivity (Wildman–Crippen MR) is 196 cm³/mol. The number of likely N-dealkylation sites (tertiary alicyclic amines) is 2. The fourth-order valence-electron chi connectivity index (χ4n) is 5.80. The molecule has 0 spiro atoms. The molecule has 276 valence electrons. The summed E-state index contributed by atoms with van der Waals surface area (Å²) in [5.74, 6) is 1.65. The van der Waals surface area contributed by atoms with Crippen molar-refractivity contribution in [3.8, 4) is 5.75 Å². The highest BCUT2D eigenvalue weighted by atomic mass is 35.5. The molecule has 13 heteroatoms. The zero-order valence-electron chi connectivity index (χ0n) is 30.7.